The minimum Gasteiger partial charge on any atom is -0.493 e. The molecule has 0 aliphatic heterocycles. The van der Waals surface area contributed by atoms with Crippen LogP contribution in [0, 0.1) is 0 Å². The number of rotatable bonds is 10. The van der Waals surface area contributed by atoms with Crippen molar-refractivity contribution in [3.8, 4) is 23.0 Å². The molecule has 41 heavy (non-hydrogen) atoms. The molecule has 0 radical (unpaired) electrons. The third-order valence-corrected chi connectivity index (χ3v) is 6.42. The van der Waals surface area contributed by atoms with Gasteiger partial charge in [-0.25, -0.2) is 15.0 Å². The fourth-order valence-corrected chi connectivity index (χ4v) is 3.88. The van der Waals surface area contributed by atoms with Gasteiger partial charge in [0.25, 0.3) is 5.91 Å². The van der Waals surface area contributed by atoms with Gasteiger partial charge in [-0.2, -0.15) is 5.10 Å². The molecule has 4 rings (SSSR count). The second kappa shape index (κ2) is 14.2. The van der Waals surface area contributed by atoms with Crippen LogP contribution in [0.5, 0.6) is 23.0 Å². The van der Waals surface area contributed by atoms with Crippen LogP contribution in [0.25, 0.3) is 0 Å². The minimum atomic E-state index is -0.658. The predicted molar refractivity (Wildman–Crippen MR) is 159 cm³/mol. The van der Waals surface area contributed by atoms with Crippen molar-refractivity contribution in [3.63, 3.8) is 0 Å². The number of benzene rings is 4. The summed E-state index contributed by atoms with van der Waals surface area (Å²) in [5, 5.41) is 3.94. The monoisotopic (exact) mass is 680 g/mol. The van der Waals surface area contributed by atoms with E-state index in [0.29, 0.717) is 28.2 Å². The zero-order chi connectivity index (χ0) is 29.2. The number of carbonyl (C=O) groups is 3. The highest BCUT2D eigenvalue weighted by Gasteiger charge is 2.17. The second-order valence-corrected chi connectivity index (χ2v) is 10.1. The van der Waals surface area contributed by atoms with E-state index >= 15 is 0 Å². The largest absolute Gasteiger partial charge is 0.493 e. The molecule has 208 valence electrons. The van der Waals surface area contributed by atoms with Crippen LogP contribution in [-0.4, -0.2) is 37.8 Å². The molecule has 0 saturated heterocycles. The van der Waals surface area contributed by atoms with Gasteiger partial charge in [-0.05, 0) is 84.4 Å². The summed E-state index contributed by atoms with van der Waals surface area (Å²) in [6, 6.07) is 24.7. The molecule has 0 saturated carbocycles. The van der Waals surface area contributed by atoms with Crippen molar-refractivity contribution >= 4 is 55.9 Å². The van der Waals surface area contributed by atoms with Gasteiger partial charge in [0.15, 0.2) is 29.6 Å². The molecule has 11 heteroatoms. The minimum absolute atomic E-state index is 0.0156. The lowest BCUT2D eigenvalue weighted by atomic mass is 10.2. The Labute approximate surface area is 252 Å². The molecular formula is C30H22Br2N2O7. The zero-order valence-electron chi connectivity index (χ0n) is 21.5. The number of hydrazone groups is 1. The van der Waals surface area contributed by atoms with Crippen LogP contribution in [0.4, 0.5) is 0 Å². The molecule has 0 aromatic heterocycles. The van der Waals surface area contributed by atoms with Gasteiger partial charge in [0.2, 0.25) is 0 Å². The lowest BCUT2D eigenvalue weighted by Crippen LogP contribution is -2.24. The van der Waals surface area contributed by atoms with Gasteiger partial charge in [-0.15, -0.1) is 0 Å². The molecule has 0 atom stereocenters. The summed E-state index contributed by atoms with van der Waals surface area (Å²) in [5.41, 5.74) is 3.42. The number of halogens is 2. The number of ether oxygens (including phenoxy) is 4. The second-order valence-electron chi connectivity index (χ2n) is 8.23. The number of hydrogen-bond donors (Lipinski definition) is 1. The van der Waals surface area contributed by atoms with Gasteiger partial charge in [-0.3, -0.25) is 4.79 Å². The molecule has 9 nitrogen and oxygen atoms in total. The first kappa shape index (κ1) is 29.5. The summed E-state index contributed by atoms with van der Waals surface area (Å²) in [5.74, 6) is -0.881. The first-order valence-corrected chi connectivity index (χ1v) is 13.6. The van der Waals surface area contributed by atoms with E-state index in [4.69, 9.17) is 18.9 Å². The average molecular weight is 682 g/mol. The number of nitrogens with one attached hydrogen (secondary N) is 1. The Hall–Kier alpha value is -4.48. The van der Waals surface area contributed by atoms with Crippen LogP contribution in [0.3, 0.4) is 0 Å². The summed E-state index contributed by atoms with van der Waals surface area (Å²) in [4.78, 5) is 37.8. The number of nitrogens with zero attached hydrogens (tertiary/aromatic N) is 1. The Kier molecular flexibility index (Phi) is 10.2. The van der Waals surface area contributed by atoms with Crippen LogP contribution in [0.2, 0.25) is 0 Å². The summed E-state index contributed by atoms with van der Waals surface area (Å²) in [7, 11) is 1.50. The molecule has 1 amide bonds. The molecule has 1 N–H and O–H groups in total. The molecule has 4 aromatic carbocycles. The summed E-state index contributed by atoms with van der Waals surface area (Å²) in [6.07, 6.45) is 1.35. The molecule has 0 aliphatic rings. The first-order valence-electron chi connectivity index (χ1n) is 12.0. The van der Waals surface area contributed by atoms with Crippen molar-refractivity contribution < 1.29 is 33.3 Å². The van der Waals surface area contributed by atoms with Crippen molar-refractivity contribution in [2.24, 2.45) is 5.10 Å². The predicted octanol–water partition coefficient (Wildman–Crippen LogP) is 6.19. The normalized spacial score (nSPS) is 10.6. The Balaban J connectivity index is 1.47. The fraction of sp³-hybridized carbons (Fsp3) is 0.0667. The van der Waals surface area contributed by atoms with E-state index in [1.807, 2.05) is 0 Å². The zero-order valence-corrected chi connectivity index (χ0v) is 24.7. The maximum Gasteiger partial charge on any atom is 0.343 e. The van der Waals surface area contributed by atoms with Crippen LogP contribution >= 0.6 is 31.9 Å². The third-order valence-electron chi connectivity index (χ3n) is 5.36. The van der Waals surface area contributed by atoms with Gasteiger partial charge >= 0.3 is 11.9 Å². The van der Waals surface area contributed by atoms with E-state index in [1.165, 1.54) is 25.5 Å². The lowest BCUT2D eigenvalue weighted by molar-refractivity contribution is -0.123. The van der Waals surface area contributed by atoms with E-state index in [1.54, 1.807) is 78.9 Å². The van der Waals surface area contributed by atoms with Crippen LogP contribution < -0.4 is 24.4 Å². The quantitative estimate of drug-likeness (QED) is 0.0920. The number of carbonyl (C=O) groups excluding carboxylic acids is 3. The van der Waals surface area contributed by atoms with Gasteiger partial charge in [0, 0.05) is 8.95 Å². The molecule has 0 bridgehead atoms. The van der Waals surface area contributed by atoms with Crippen molar-refractivity contribution in [2.75, 3.05) is 13.7 Å². The molecule has 0 heterocycles. The lowest BCUT2D eigenvalue weighted by Gasteiger charge is -2.12. The number of amides is 1. The molecule has 0 aliphatic carbocycles. The van der Waals surface area contributed by atoms with Crippen molar-refractivity contribution in [2.45, 2.75) is 0 Å². The van der Waals surface area contributed by atoms with E-state index in [9.17, 15) is 14.4 Å². The highest BCUT2D eigenvalue weighted by atomic mass is 79.9. The topological polar surface area (TPSA) is 113 Å². The van der Waals surface area contributed by atoms with E-state index < -0.39 is 17.8 Å². The maximum absolute atomic E-state index is 12.8. The van der Waals surface area contributed by atoms with E-state index in [2.05, 4.69) is 42.4 Å². The standard InChI is InChI=1S/C30H22Br2N2O7/c1-38-24-4-2-3-5-25(24)39-18-28(35)34-33-17-19-6-15-26(40-29(36)20-7-11-22(31)12-8-20)27(16-19)41-30(37)21-9-13-23(32)14-10-21/h2-17H,18H2,1H3,(H,34,35). The Morgan fingerprint density at radius 2 is 1.29 bits per heavy atom. The van der Waals surface area contributed by atoms with Gasteiger partial charge in [0.05, 0.1) is 24.5 Å². The number of methoxy groups -OCH3 is 1. The summed E-state index contributed by atoms with van der Waals surface area (Å²) < 4.78 is 23.4. The maximum atomic E-state index is 12.8. The summed E-state index contributed by atoms with van der Waals surface area (Å²) in [6.45, 7) is -0.293. The molecular weight excluding hydrogens is 660 g/mol. The van der Waals surface area contributed by atoms with E-state index in [-0.39, 0.29) is 18.1 Å². The average Bonchev–Trinajstić information content (AvgIpc) is 2.98. The SMILES string of the molecule is COc1ccccc1OCC(=O)NN=Cc1ccc(OC(=O)c2ccc(Br)cc2)c(OC(=O)c2ccc(Br)cc2)c1. The van der Waals surface area contributed by atoms with Gasteiger partial charge in [-0.1, -0.05) is 44.0 Å². The smallest absolute Gasteiger partial charge is 0.343 e. The Bertz CT molecular complexity index is 1570. The third kappa shape index (κ3) is 8.50. The molecule has 4 aromatic rings. The number of para-hydroxylation sites is 2. The fourth-order valence-electron chi connectivity index (χ4n) is 3.35. The van der Waals surface area contributed by atoms with Crippen LogP contribution in [0.15, 0.2) is 105 Å². The Morgan fingerprint density at radius 1 is 0.732 bits per heavy atom. The van der Waals surface area contributed by atoms with Crippen LogP contribution in [-0.2, 0) is 4.79 Å². The molecule has 0 unspecified atom stereocenters. The van der Waals surface area contributed by atoms with Crippen molar-refractivity contribution in [3.05, 3.63) is 117 Å². The highest BCUT2D eigenvalue weighted by molar-refractivity contribution is 9.10. The highest BCUT2D eigenvalue weighted by Crippen LogP contribution is 2.30. The van der Waals surface area contributed by atoms with Crippen LogP contribution in [0.1, 0.15) is 26.3 Å². The first-order chi connectivity index (χ1) is 19.8. The van der Waals surface area contributed by atoms with E-state index in [0.717, 1.165) is 8.95 Å². The molecule has 0 fully saturated rings. The molecule has 0 spiro atoms. The number of esters is 2. The van der Waals surface area contributed by atoms with Crippen molar-refractivity contribution in [1.82, 2.24) is 5.43 Å². The number of hydrogen-bond acceptors (Lipinski definition) is 8. The van der Waals surface area contributed by atoms with Gasteiger partial charge < -0.3 is 18.9 Å². The Morgan fingerprint density at radius 3 is 1.88 bits per heavy atom. The van der Waals surface area contributed by atoms with Gasteiger partial charge in [0.1, 0.15) is 0 Å². The van der Waals surface area contributed by atoms with Crippen molar-refractivity contribution in [1.29, 1.82) is 0 Å². The summed E-state index contributed by atoms with van der Waals surface area (Å²) >= 11 is 6.65.